The number of thiazole rings is 1. The number of hydrogen-bond donors (Lipinski definition) is 0. The van der Waals surface area contributed by atoms with Crippen LogP contribution >= 0.6 is 11.3 Å². The molecule has 0 atom stereocenters. The molecule has 146 valence electrons. The molecular formula is C23H20N2O3S. The molecule has 0 amide bonds. The molecule has 6 heteroatoms. The number of carbonyl (C=O) groups excluding carboxylic acids is 2. The van der Waals surface area contributed by atoms with Gasteiger partial charge in [-0.25, -0.2) is 9.78 Å². The average molecular weight is 404 g/mol. The van der Waals surface area contributed by atoms with Crippen molar-refractivity contribution in [2.45, 2.75) is 13.8 Å². The molecule has 0 fully saturated rings. The third kappa shape index (κ3) is 3.47. The maximum Gasteiger partial charge on any atom is 0.350 e. The molecule has 4 rings (SSSR count). The smallest absolute Gasteiger partial charge is 0.350 e. The van der Waals surface area contributed by atoms with Gasteiger partial charge in [0, 0.05) is 18.0 Å². The van der Waals surface area contributed by atoms with Gasteiger partial charge in [0.05, 0.1) is 22.0 Å². The molecule has 0 saturated heterocycles. The van der Waals surface area contributed by atoms with Crippen LogP contribution in [-0.2, 0) is 11.8 Å². The fourth-order valence-corrected chi connectivity index (χ4v) is 4.41. The van der Waals surface area contributed by atoms with Crippen LogP contribution in [0.1, 0.15) is 30.7 Å². The lowest BCUT2D eigenvalue weighted by atomic mass is 10.0. The van der Waals surface area contributed by atoms with Crippen LogP contribution in [0.25, 0.3) is 22.2 Å². The summed E-state index contributed by atoms with van der Waals surface area (Å²) in [5.74, 6) is -0.740. The number of para-hydroxylation sites is 1. The molecule has 2 aromatic heterocycles. The van der Waals surface area contributed by atoms with E-state index >= 15 is 0 Å². The number of rotatable bonds is 5. The molecule has 0 spiro atoms. The Morgan fingerprint density at radius 3 is 2.41 bits per heavy atom. The molecule has 0 aliphatic carbocycles. The van der Waals surface area contributed by atoms with Crippen LogP contribution in [-0.4, -0.2) is 27.9 Å². The van der Waals surface area contributed by atoms with E-state index in [1.54, 1.807) is 6.92 Å². The van der Waals surface area contributed by atoms with Crippen LogP contribution in [0, 0.1) is 13.8 Å². The zero-order valence-corrected chi connectivity index (χ0v) is 17.2. The van der Waals surface area contributed by atoms with Crippen LogP contribution in [0.4, 0.5) is 0 Å². The van der Waals surface area contributed by atoms with Crippen molar-refractivity contribution in [1.82, 2.24) is 9.55 Å². The molecular weight excluding hydrogens is 384 g/mol. The molecule has 2 heterocycles. The minimum absolute atomic E-state index is 0.229. The van der Waals surface area contributed by atoms with Crippen molar-refractivity contribution in [2.24, 2.45) is 7.05 Å². The molecule has 4 aromatic rings. The minimum Gasteiger partial charge on any atom is -0.453 e. The van der Waals surface area contributed by atoms with Crippen molar-refractivity contribution in [2.75, 3.05) is 6.61 Å². The van der Waals surface area contributed by atoms with Crippen LogP contribution in [0.2, 0.25) is 0 Å². The van der Waals surface area contributed by atoms with E-state index < -0.39 is 5.97 Å². The van der Waals surface area contributed by atoms with E-state index in [1.165, 1.54) is 11.3 Å². The first-order valence-corrected chi connectivity index (χ1v) is 10.1. The summed E-state index contributed by atoms with van der Waals surface area (Å²) in [6.07, 6.45) is 0. The lowest BCUT2D eigenvalue weighted by molar-refractivity contribution is 0.0479. The monoisotopic (exact) mass is 404 g/mol. The second kappa shape index (κ2) is 7.64. The number of nitrogens with zero attached hydrogens (tertiary/aromatic N) is 2. The Bertz CT molecular complexity index is 1220. The Kier molecular flexibility index (Phi) is 5.03. The van der Waals surface area contributed by atoms with Crippen molar-refractivity contribution in [3.8, 4) is 11.3 Å². The minimum atomic E-state index is -0.511. The Morgan fingerprint density at radius 2 is 1.72 bits per heavy atom. The lowest BCUT2D eigenvalue weighted by Gasteiger charge is -2.08. The predicted octanol–water partition coefficient (Wildman–Crippen LogP) is 4.96. The highest BCUT2D eigenvalue weighted by molar-refractivity contribution is 7.13. The third-order valence-electron chi connectivity index (χ3n) is 4.86. The molecule has 0 radical (unpaired) electrons. The standard InChI is InChI=1S/C23H20N2O3S/c1-14-22(29-15(2)24-14)23(27)28-13-19(26)20-17-11-7-8-12-18(17)25(3)21(20)16-9-5-4-6-10-16/h4-12H,13H2,1-3H3. The normalized spacial score (nSPS) is 11.0. The van der Waals surface area contributed by atoms with E-state index in [2.05, 4.69) is 4.98 Å². The van der Waals surface area contributed by atoms with Gasteiger partial charge < -0.3 is 9.30 Å². The zero-order valence-electron chi connectivity index (χ0n) is 16.4. The van der Waals surface area contributed by atoms with Crippen LogP contribution in [0.15, 0.2) is 54.6 Å². The fraction of sp³-hybridized carbons (Fsp3) is 0.174. The Morgan fingerprint density at radius 1 is 1.03 bits per heavy atom. The summed E-state index contributed by atoms with van der Waals surface area (Å²) in [5, 5.41) is 1.64. The number of aryl methyl sites for hydroxylation is 3. The molecule has 0 bridgehead atoms. The molecule has 0 N–H and O–H groups in total. The van der Waals surface area contributed by atoms with Gasteiger partial charge in [-0.1, -0.05) is 48.5 Å². The zero-order chi connectivity index (χ0) is 20.5. The van der Waals surface area contributed by atoms with Crippen molar-refractivity contribution >= 4 is 34.0 Å². The van der Waals surface area contributed by atoms with Gasteiger partial charge in [-0.05, 0) is 25.5 Å². The van der Waals surface area contributed by atoms with Crippen LogP contribution in [0.3, 0.4) is 0 Å². The number of carbonyl (C=O) groups is 2. The van der Waals surface area contributed by atoms with E-state index in [-0.39, 0.29) is 12.4 Å². The Hall–Kier alpha value is -3.25. The number of aromatic nitrogens is 2. The quantitative estimate of drug-likeness (QED) is 0.348. The third-order valence-corrected chi connectivity index (χ3v) is 5.91. The molecule has 0 unspecified atom stereocenters. The molecule has 0 saturated carbocycles. The van der Waals surface area contributed by atoms with Crippen molar-refractivity contribution < 1.29 is 14.3 Å². The van der Waals surface area contributed by atoms with E-state index in [9.17, 15) is 9.59 Å². The van der Waals surface area contributed by atoms with Gasteiger partial charge in [0.1, 0.15) is 4.88 Å². The summed E-state index contributed by atoms with van der Waals surface area (Å²) in [4.78, 5) is 30.3. The molecule has 0 aliphatic heterocycles. The van der Waals surface area contributed by atoms with E-state index in [1.807, 2.05) is 73.1 Å². The number of ether oxygens (including phenoxy) is 1. The maximum atomic E-state index is 13.2. The first-order chi connectivity index (χ1) is 14.0. The highest BCUT2D eigenvalue weighted by Crippen LogP contribution is 2.33. The van der Waals surface area contributed by atoms with Gasteiger partial charge in [0.2, 0.25) is 5.78 Å². The van der Waals surface area contributed by atoms with Crippen molar-refractivity contribution in [3.05, 3.63) is 75.7 Å². The summed E-state index contributed by atoms with van der Waals surface area (Å²) in [6, 6.07) is 17.5. The topological polar surface area (TPSA) is 61.2 Å². The number of fused-ring (bicyclic) bond motifs is 1. The average Bonchev–Trinajstić information content (AvgIpc) is 3.23. The van der Waals surface area contributed by atoms with Gasteiger partial charge in [-0.2, -0.15) is 0 Å². The van der Waals surface area contributed by atoms with Crippen LogP contribution in [0.5, 0.6) is 0 Å². The van der Waals surface area contributed by atoms with Crippen LogP contribution < -0.4 is 0 Å². The Labute approximate surface area is 172 Å². The van der Waals surface area contributed by atoms with Gasteiger partial charge in [0.15, 0.2) is 6.61 Å². The number of hydrogen-bond acceptors (Lipinski definition) is 5. The summed E-state index contributed by atoms with van der Waals surface area (Å²) in [7, 11) is 1.94. The number of esters is 1. The van der Waals surface area contributed by atoms with Gasteiger partial charge in [0.25, 0.3) is 0 Å². The van der Waals surface area contributed by atoms with Gasteiger partial charge >= 0.3 is 5.97 Å². The lowest BCUT2D eigenvalue weighted by Crippen LogP contribution is -2.15. The van der Waals surface area contributed by atoms with E-state index in [0.717, 1.165) is 27.2 Å². The second-order valence-corrected chi connectivity index (χ2v) is 8.02. The number of ketones is 1. The SMILES string of the molecule is Cc1nc(C)c(C(=O)OCC(=O)c2c(-c3ccccc3)n(C)c3ccccc23)s1. The fourth-order valence-electron chi connectivity index (χ4n) is 3.60. The highest BCUT2D eigenvalue weighted by Gasteiger charge is 2.24. The van der Waals surface area contributed by atoms with Crippen molar-refractivity contribution in [1.29, 1.82) is 0 Å². The van der Waals surface area contributed by atoms with Gasteiger partial charge in [-0.15, -0.1) is 11.3 Å². The van der Waals surface area contributed by atoms with E-state index in [0.29, 0.717) is 16.1 Å². The van der Waals surface area contributed by atoms with Gasteiger partial charge in [-0.3, -0.25) is 4.79 Å². The predicted molar refractivity (Wildman–Crippen MR) is 115 cm³/mol. The summed E-state index contributed by atoms with van der Waals surface area (Å²) >= 11 is 1.28. The van der Waals surface area contributed by atoms with Crippen molar-refractivity contribution in [3.63, 3.8) is 0 Å². The van der Waals surface area contributed by atoms with E-state index in [4.69, 9.17) is 4.74 Å². The number of benzene rings is 2. The summed E-state index contributed by atoms with van der Waals surface area (Å²) in [5.41, 5.74) is 3.90. The summed E-state index contributed by atoms with van der Waals surface area (Å²) in [6.45, 7) is 3.28. The first-order valence-electron chi connectivity index (χ1n) is 9.24. The molecule has 29 heavy (non-hydrogen) atoms. The second-order valence-electron chi connectivity index (χ2n) is 6.81. The maximum absolute atomic E-state index is 13.2. The molecule has 5 nitrogen and oxygen atoms in total. The highest BCUT2D eigenvalue weighted by atomic mass is 32.1. The first kappa shape index (κ1) is 19.1. The largest absolute Gasteiger partial charge is 0.453 e. The Balaban J connectivity index is 1.70. The summed E-state index contributed by atoms with van der Waals surface area (Å²) < 4.78 is 7.37. The molecule has 2 aromatic carbocycles. The molecule has 0 aliphatic rings. The number of Topliss-reactive ketones (excluding diaryl/α,β-unsaturated/α-hetero) is 1.